The summed E-state index contributed by atoms with van der Waals surface area (Å²) in [7, 11) is 0. The fraction of sp³-hybridized carbons (Fsp3) is 0.647. The molecule has 102 valence electrons. The zero-order valence-corrected chi connectivity index (χ0v) is 12.3. The van der Waals surface area contributed by atoms with E-state index in [2.05, 4.69) is 50.4 Å². The normalized spacial score (nSPS) is 12.6. The van der Waals surface area contributed by atoms with E-state index in [1.54, 1.807) is 0 Å². The van der Waals surface area contributed by atoms with Crippen molar-refractivity contribution in [2.24, 2.45) is 5.92 Å². The average Bonchev–Trinajstić information content (AvgIpc) is 2.36. The van der Waals surface area contributed by atoms with Gasteiger partial charge in [0, 0.05) is 0 Å². The summed E-state index contributed by atoms with van der Waals surface area (Å²) < 4.78 is 0. The molecular formula is C17H29N. The van der Waals surface area contributed by atoms with E-state index in [1.807, 2.05) is 0 Å². The van der Waals surface area contributed by atoms with Gasteiger partial charge in [-0.15, -0.1) is 0 Å². The fourth-order valence-corrected chi connectivity index (χ4v) is 2.48. The minimum Gasteiger partial charge on any atom is -0.317 e. The zero-order chi connectivity index (χ0) is 13.2. The second-order valence-electron chi connectivity index (χ2n) is 5.36. The second-order valence-corrected chi connectivity index (χ2v) is 5.36. The Morgan fingerprint density at radius 3 is 2.67 bits per heavy atom. The van der Waals surface area contributed by atoms with E-state index >= 15 is 0 Å². The van der Waals surface area contributed by atoms with Crippen LogP contribution >= 0.6 is 0 Å². The third kappa shape index (κ3) is 6.20. The zero-order valence-electron chi connectivity index (χ0n) is 12.3. The number of hydrogen-bond acceptors (Lipinski definition) is 1. The van der Waals surface area contributed by atoms with E-state index < -0.39 is 0 Å². The van der Waals surface area contributed by atoms with Gasteiger partial charge in [0.15, 0.2) is 0 Å². The maximum atomic E-state index is 3.51. The molecule has 1 atom stereocenters. The quantitative estimate of drug-likeness (QED) is 0.640. The summed E-state index contributed by atoms with van der Waals surface area (Å²) in [6, 6.07) is 8.96. The van der Waals surface area contributed by atoms with E-state index in [-0.39, 0.29) is 0 Å². The molecule has 1 rings (SSSR count). The van der Waals surface area contributed by atoms with Crippen LogP contribution in [0, 0.1) is 12.8 Å². The molecule has 1 aromatic rings. The lowest BCUT2D eigenvalue weighted by molar-refractivity contribution is 0.428. The van der Waals surface area contributed by atoms with Crippen molar-refractivity contribution < 1.29 is 0 Å². The Labute approximate surface area is 113 Å². The van der Waals surface area contributed by atoms with Gasteiger partial charge in [-0.2, -0.15) is 0 Å². The van der Waals surface area contributed by atoms with Gasteiger partial charge in [0.25, 0.3) is 0 Å². The topological polar surface area (TPSA) is 12.0 Å². The van der Waals surface area contributed by atoms with Gasteiger partial charge in [-0.05, 0) is 44.3 Å². The van der Waals surface area contributed by atoms with E-state index in [4.69, 9.17) is 0 Å². The first-order valence-electron chi connectivity index (χ1n) is 7.52. The standard InChI is InChI=1S/C17H29N/c1-4-6-7-10-17(14-18-5-2)13-16-11-8-9-15(3)12-16/h8-9,11-12,17-18H,4-7,10,13-14H2,1-3H3. The molecule has 1 N–H and O–H groups in total. The van der Waals surface area contributed by atoms with E-state index in [1.165, 1.54) is 43.2 Å². The highest BCUT2D eigenvalue weighted by Crippen LogP contribution is 2.16. The molecule has 1 nitrogen and oxygen atoms in total. The van der Waals surface area contributed by atoms with Gasteiger partial charge in [0.2, 0.25) is 0 Å². The monoisotopic (exact) mass is 247 g/mol. The Hall–Kier alpha value is -0.820. The molecule has 0 saturated carbocycles. The molecule has 0 radical (unpaired) electrons. The molecule has 0 heterocycles. The van der Waals surface area contributed by atoms with Gasteiger partial charge in [0.05, 0.1) is 0 Å². The SMILES string of the molecule is CCCCCC(CNCC)Cc1cccc(C)c1. The van der Waals surface area contributed by atoms with Crippen LogP contribution in [0.15, 0.2) is 24.3 Å². The van der Waals surface area contributed by atoms with Crippen LogP contribution in [0.1, 0.15) is 50.7 Å². The van der Waals surface area contributed by atoms with Crippen LogP contribution in [0.3, 0.4) is 0 Å². The Balaban J connectivity index is 2.48. The summed E-state index contributed by atoms with van der Waals surface area (Å²) >= 11 is 0. The van der Waals surface area contributed by atoms with Crippen molar-refractivity contribution in [3.63, 3.8) is 0 Å². The summed E-state index contributed by atoms with van der Waals surface area (Å²) in [6.07, 6.45) is 6.64. The molecule has 1 aromatic carbocycles. The van der Waals surface area contributed by atoms with Crippen LogP contribution < -0.4 is 5.32 Å². The molecule has 0 aliphatic heterocycles. The molecule has 1 heteroatoms. The van der Waals surface area contributed by atoms with Crippen molar-refractivity contribution in [2.75, 3.05) is 13.1 Å². The van der Waals surface area contributed by atoms with Crippen molar-refractivity contribution in [2.45, 2.75) is 52.9 Å². The largest absolute Gasteiger partial charge is 0.317 e. The minimum atomic E-state index is 0.790. The Kier molecular flexibility index (Phi) is 7.75. The lowest BCUT2D eigenvalue weighted by atomic mass is 9.93. The van der Waals surface area contributed by atoms with Gasteiger partial charge in [-0.3, -0.25) is 0 Å². The highest BCUT2D eigenvalue weighted by atomic mass is 14.8. The molecule has 0 fully saturated rings. The summed E-state index contributed by atoms with van der Waals surface area (Å²) in [5, 5.41) is 3.51. The molecule has 0 aliphatic rings. The summed E-state index contributed by atoms with van der Waals surface area (Å²) in [4.78, 5) is 0. The predicted octanol–water partition coefficient (Wildman–Crippen LogP) is 4.34. The maximum absolute atomic E-state index is 3.51. The number of benzene rings is 1. The van der Waals surface area contributed by atoms with E-state index in [0.717, 1.165) is 19.0 Å². The van der Waals surface area contributed by atoms with Crippen LogP contribution in [-0.4, -0.2) is 13.1 Å². The van der Waals surface area contributed by atoms with Crippen LogP contribution in [-0.2, 0) is 6.42 Å². The maximum Gasteiger partial charge on any atom is -0.00175 e. The highest BCUT2D eigenvalue weighted by Gasteiger charge is 2.09. The molecule has 18 heavy (non-hydrogen) atoms. The third-order valence-corrected chi connectivity index (χ3v) is 3.51. The molecule has 0 aliphatic carbocycles. The van der Waals surface area contributed by atoms with E-state index in [0.29, 0.717) is 0 Å². The molecule has 1 unspecified atom stereocenters. The summed E-state index contributed by atoms with van der Waals surface area (Å²) in [5.74, 6) is 0.790. The Bertz CT molecular complexity index is 319. The average molecular weight is 247 g/mol. The first-order chi connectivity index (χ1) is 8.76. The third-order valence-electron chi connectivity index (χ3n) is 3.51. The predicted molar refractivity (Wildman–Crippen MR) is 81.1 cm³/mol. The lowest BCUT2D eigenvalue weighted by Crippen LogP contribution is -2.24. The minimum absolute atomic E-state index is 0.790. The van der Waals surface area contributed by atoms with E-state index in [9.17, 15) is 0 Å². The molecule has 0 spiro atoms. The number of unbranched alkanes of at least 4 members (excludes halogenated alkanes) is 2. The van der Waals surface area contributed by atoms with Crippen molar-refractivity contribution >= 4 is 0 Å². The Morgan fingerprint density at radius 1 is 1.17 bits per heavy atom. The fourth-order valence-electron chi connectivity index (χ4n) is 2.48. The number of rotatable bonds is 9. The second kappa shape index (κ2) is 9.16. The first-order valence-corrected chi connectivity index (χ1v) is 7.52. The molecular weight excluding hydrogens is 218 g/mol. The summed E-state index contributed by atoms with van der Waals surface area (Å²) in [5.41, 5.74) is 2.87. The number of aryl methyl sites for hydroxylation is 1. The highest BCUT2D eigenvalue weighted by molar-refractivity contribution is 5.22. The molecule has 0 bridgehead atoms. The Morgan fingerprint density at radius 2 is 2.00 bits per heavy atom. The van der Waals surface area contributed by atoms with Gasteiger partial charge in [-0.1, -0.05) is 62.9 Å². The van der Waals surface area contributed by atoms with Gasteiger partial charge < -0.3 is 5.32 Å². The van der Waals surface area contributed by atoms with Crippen LogP contribution in [0.5, 0.6) is 0 Å². The van der Waals surface area contributed by atoms with Crippen LogP contribution in [0.2, 0.25) is 0 Å². The smallest absolute Gasteiger partial charge is 0.00175 e. The molecule has 0 aromatic heterocycles. The molecule has 0 amide bonds. The van der Waals surface area contributed by atoms with Gasteiger partial charge >= 0.3 is 0 Å². The summed E-state index contributed by atoms with van der Waals surface area (Å²) in [6.45, 7) is 8.89. The first kappa shape index (κ1) is 15.2. The van der Waals surface area contributed by atoms with Crippen molar-refractivity contribution in [3.8, 4) is 0 Å². The van der Waals surface area contributed by atoms with Gasteiger partial charge in [0.1, 0.15) is 0 Å². The van der Waals surface area contributed by atoms with Crippen molar-refractivity contribution in [3.05, 3.63) is 35.4 Å². The van der Waals surface area contributed by atoms with Crippen molar-refractivity contribution in [1.82, 2.24) is 5.32 Å². The van der Waals surface area contributed by atoms with Crippen LogP contribution in [0.4, 0.5) is 0 Å². The van der Waals surface area contributed by atoms with Crippen molar-refractivity contribution in [1.29, 1.82) is 0 Å². The molecule has 0 saturated heterocycles. The van der Waals surface area contributed by atoms with Gasteiger partial charge in [-0.25, -0.2) is 0 Å². The van der Waals surface area contributed by atoms with Crippen LogP contribution in [0.25, 0.3) is 0 Å². The number of nitrogens with one attached hydrogen (secondary N) is 1. The number of hydrogen-bond donors (Lipinski definition) is 1. The lowest BCUT2D eigenvalue weighted by Gasteiger charge is -2.17.